The van der Waals surface area contributed by atoms with E-state index in [4.69, 9.17) is 0 Å². The molecule has 2 saturated carbocycles. The van der Waals surface area contributed by atoms with E-state index in [1.54, 1.807) is 11.1 Å². The van der Waals surface area contributed by atoms with E-state index in [2.05, 4.69) is 31.2 Å². The lowest BCUT2D eigenvalue weighted by atomic mass is 9.81. The molecule has 0 amide bonds. The third-order valence-electron chi connectivity index (χ3n) is 4.84. The predicted octanol–water partition coefficient (Wildman–Crippen LogP) is 3.08. The Morgan fingerprint density at radius 3 is 3.08 bits per heavy atom. The third-order valence-corrected chi connectivity index (χ3v) is 4.84. The second kappa shape index (κ2) is 1.70. The van der Waals surface area contributed by atoms with E-state index in [0.717, 1.165) is 17.8 Å². The molecule has 0 spiro atoms. The van der Waals surface area contributed by atoms with Gasteiger partial charge in [-0.15, -0.1) is 0 Å². The molecule has 13 heavy (non-hydrogen) atoms. The number of hydrogen-bond donors (Lipinski definition) is 0. The van der Waals surface area contributed by atoms with Gasteiger partial charge < -0.3 is 0 Å². The Kier molecular flexibility index (Phi) is 0.871. The number of fused-ring (bicyclic) bond motifs is 4. The number of hydrogen-bond acceptors (Lipinski definition) is 0. The quantitative estimate of drug-likeness (QED) is 0.561. The topological polar surface area (TPSA) is 0 Å². The fourth-order valence-electron chi connectivity index (χ4n) is 4.28. The van der Waals surface area contributed by atoms with Gasteiger partial charge in [-0.1, -0.05) is 31.2 Å². The summed E-state index contributed by atoms with van der Waals surface area (Å²) in [6.07, 6.45) is 2.93. The molecule has 4 atom stereocenters. The molecule has 66 valence electrons. The minimum atomic E-state index is 0.575. The van der Waals surface area contributed by atoms with Gasteiger partial charge in [0.1, 0.15) is 0 Å². The highest BCUT2D eigenvalue weighted by Crippen LogP contribution is 2.76. The first-order chi connectivity index (χ1) is 6.32. The van der Waals surface area contributed by atoms with Gasteiger partial charge in [0.25, 0.3) is 0 Å². The Morgan fingerprint density at radius 2 is 2.15 bits per heavy atom. The second-order valence-electron chi connectivity index (χ2n) is 5.26. The molecule has 3 aliphatic rings. The van der Waals surface area contributed by atoms with Crippen LogP contribution in [0, 0.1) is 11.8 Å². The molecule has 0 heteroatoms. The van der Waals surface area contributed by atoms with E-state index in [9.17, 15) is 0 Å². The summed E-state index contributed by atoms with van der Waals surface area (Å²) in [6.45, 7) is 2.49. The highest BCUT2D eigenvalue weighted by atomic mass is 14.7. The Balaban J connectivity index is 2.05. The van der Waals surface area contributed by atoms with Crippen LogP contribution in [-0.4, -0.2) is 0 Å². The summed E-state index contributed by atoms with van der Waals surface area (Å²) in [4.78, 5) is 0. The van der Waals surface area contributed by atoms with Crippen molar-refractivity contribution in [2.24, 2.45) is 11.8 Å². The minimum Gasteiger partial charge on any atom is -0.0620 e. The molecule has 4 rings (SSSR count). The zero-order valence-corrected chi connectivity index (χ0v) is 7.96. The van der Waals surface area contributed by atoms with Crippen LogP contribution in [-0.2, 0) is 5.41 Å². The van der Waals surface area contributed by atoms with Gasteiger partial charge in [0.2, 0.25) is 0 Å². The first-order valence-corrected chi connectivity index (χ1v) is 5.42. The van der Waals surface area contributed by atoms with Crippen molar-refractivity contribution in [2.75, 3.05) is 0 Å². The fourth-order valence-corrected chi connectivity index (χ4v) is 4.28. The predicted molar refractivity (Wildman–Crippen MR) is 52.7 cm³/mol. The van der Waals surface area contributed by atoms with Crippen molar-refractivity contribution in [1.82, 2.24) is 0 Å². The second-order valence-corrected chi connectivity index (χ2v) is 5.26. The molecule has 3 aliphatic carbocycles. The van der Waals surface area contributed by atoms with Crippen molar-refractivity contribution < 1.29 is 0 Å². The first-order valence-electron chi connectivity index (χ1n) is 5.42. The molecule has 1 aromatic rings. The molecule has 2 fully saturated rings. The summed E-state index contributed by atoms with van der Waals surface area (Å²) in [5.41, 5.74) is 3.95. The highest BCUT2D eigenvalue weighted by Gasteiger charge is 2.69. The zero-order valence-electron chi connectivity index (χ0n) is 7.96. The molecule has 0 unspecified atom stereocenters. The van der Waals surface area contributed by atoms with E-state index >= 15 is 0 Å². The summed E-state index contributed by atoms with van der Waals surface area (Å²) >= 11 is 0. The molecule has 0 aromatic heterocycles. The summed E-state index contributed by atoms with van der Waals surface area (Å²) in [5.74, 6) is 3.07. The van der Waals surface area contributed by atoms with Crippen molar-refractivity contribution >= 4 is 0 Å². The van der Waals surface area contributed by atoms with Gasteiger partial charge in [0, 0.05) is 0 Å². The van der Waals surface area contributed by atoms with Crippen molar-refractivity contribution in [3.63, 3.8) is 0 Å². The molecule has 0 bridgehead atoms. The number of benzene rings is 1. The Morgan fingerprint density at radius 1 is 1.31 bits per heavy atom. The van der Waals surface area contributed by atoms with Gasteiger partial charge >= 0.3 is 0 Å². The van der Waals surface area contributed by atoms with Gasteiger partial charge in [-0.05, 0) is 47.1 Å². The summed E-state index contributed by atoms with van der Waals surface area (Å²) in [7, 11) is 0. The molecule has 0 aliphatic heterocycles. The van der Waals surface area contributed by atoms with Crippen LogP contribution in [0.2, 0.25) is 0 Å². The normalized spacial score (nSPS) is 48.8. The van der Waals surface area contributed by atoms with E-state index in [1.165, 1.54) is 12.8 Å². The van der Waals surface area contributed by atoms with Crippen LogP contribution in [0.1, 0.15) is 36.8 Å². The summed E-state index contributed by atoms with van der Waals surface area (Å²) < 4.78 is 0. The van der Waals surface area contributed by atoms with Crippen LogP contribution in [0.25, 0.3) is 0 Å². The molecule has 0 nitrogen and oxygen atoms in total. The highest BCUT2D eigenvalue weighted by molar-refractivity contribution is 5.52. The maximum absolute atomic E-state index is 2.49. The maximum Gasteiger partial charge on any atom is -0.00353 e. The van der Waals surface area contributed by atoms with E-state index < -0.39 is 0 Å². The molecule has 0 heterocycles. The third kappa shape index (κ3) is 0.535. The molecular formula is C13H14. The van der Waals surface area contributed by atoms with Crippen LogP contribution in [0.5, 0.6) is 0 Å². The first kappa shape index (κ1) is 6.64. The lowest BCUT2D eigenvalue weighted by Gasteiger charge is -2.23. The molecule has 0 saturated heterocycles. The Hall–Kier alpha value is -0.780. The Bertz CT molecular complexity index is 393. The molecule has 0 N–H and O–H groups in total. The summed E-state index contributed by atoms with van der Waals surface area (Å²) in [5, 5.41) is 0. The average molecular weight is 170 g/mol. The van der Waals surface area contributed by atoms with Crippen LogP contribution in [0.3, 0.4) is 0 Å². The largest absolute Gasteiger partial charge is 0.0620 e. The molecule has 0 radical (unpaired) electrons. The van der Waals surface area contributed by atoms with Gasteiger partial charge in [-0.25, -0.2) is 0 Å². The fraction of sp³-hybridized carbons (Fsp3) is 0.538. The lowest BCUT2D eigenvalue weighted by Crippen LogP contribution is -2.18. The van der Waals surface area contributed by atoms with Gasteiger partial charge in [0.15, 0.2) is 0 Å². The average Bonchev–Trinajstić information content (AvgIpc) is 2.74. The molecule has 1 aromatic carbocycles. The van der Waals surface area contributed by atoms with E-state index in [1.807, 2.05) is 0 Å². The van der Waals surface area contributed by atoms with Gasteiger partial charge in [-0.3, -0.25) is 0 Å². The van der Waals surface area contributed by atoms with Crippen LogP contribution < -0.4 is 0 Å². The van der Waals surface area contributed by atoms with Crippen molar-refractivity contribution in [1.29, 1.82) is 0 Å². The monoisotopic (exact) mass is 170 g/mol. The van der Waals surface area contributed by atoms with Crippen LogP contribution in [0.15, 0.2) is 24.3 Å². The van der Waals surface area contributed by atoms with Gasteiger partial charge in [-0.2, -0.15) is 0 Å². The summed E-state index contributed by atoms with van der Waals surface area (Å²) in [6, 6.07) is 9.15. The molecular weight excluding hydrogens is 156 g/mol. The van der Waals surface area contributed by atoms with Crippen LogP contribution >= 0.6 is 0 Å². The SMILES string of the molecule is C[C@]12CC[C@H]3[C@H](c4ccccc41)[C@H]32. The van der Waals surface area contributed by atoms with Crippen LogP contribution in [0.4, 0.5) is 0 Å². The standard InChI is InChI=1S/C13H14/c1-13-7-6-9-11(12(9)13)8-4-2-3-5-10(8)13/h2-5,9,11-12H,6-7H2,1H3/t9-,11-,12-,13-/m0/s1. The zero-order chi connectivity index (χ0) is 8.63. The van der Waals surface area contributed by atoms with Gasteiger partial charge in [0.05, 0.1) is 0 Å². The van der Waals surface area contributed by atoms with Crippen molar-refractivity contribution in [3.8, 4) is 0 Å². The smallest absolute Gasteiger partial charge is 0.00353 e. The number of rotatable bonds is 0. The van der Waals surface area contributed by atoms with Crippen molar-refractivity contribution in [2.45, 2.75) is 31.1 Å². The lowest BCUT2D eigenvalue weighted by molar-refractivity contribution is 0.443. The van der Waals surface area contributed by atoms with E-state index in [-0.39, 0.29) is 0 Å². The Labute approximate surface area is 79.0 Å². The minimum absolute atomic E-state index is 0.575. The van der Waals surface area contributed by atoms with E-state index in [0.29, 0.717) is 5.41 Å². The maximum atomic E-state index is 2.49. The van der Waals surface area contributed by atoms with Crippen molar-refractivity contribution in [3.05, 3.63) is 35.4 Å².